The lowest BCUT2D eigenvalue weighted by molar-refractivity contribution is -0.124. The number of Topliss-reactive ketones (excluding diaryl/α,β-unsaturated/α-hetero) is 3. The van der Waals surface area contributed by atoms with Crippen LogP contribution < -0.4 is 16.0 Å². The molecule has 0 amide bonds. The molecule has 0 bridgehead atoms. The Bertz CT molecular complexity index is 2220. The Morgan fingerprint density at radius 1 is 0.366 bits per heavy atom. The lowest BCUT2D eigenvalue weighted by Gasteiger charge is -2.34. The van der Waals surface area contributed by atoms with Gasteiger partial charge in [0.05, 0.1) is 38.1 Å². The highest BCUT2D eigenvalue weighted by atomic mass is 32.3. The monoisotopic (exact) mass is 1310 g/mol. The molecule has 9 N–H and O–H groups in total. The van der Waals surface area contributed by atoms with Crippen LogP contribution in [0.2, 0.25) is 0 Å². The van der Waals surface area contributed by atoms with Gasteiger partial charge < -0.3 is 16.0 Å². The van der Waals surface area contributed by atoms with Crippen LogP contribution in [0, 0.1) is 17.8 Å². The van der Waals surface area contributed by atoms with Gasteiger partial charge in [0.15, 0.2) is 0 Å². The minimum absolute atomic E-state index is 0.00414. The first kappa shape index (κ1) is 80.1. The van der Waals surface area contributed by atoms with E-state index >= 15 is 0 Å². The van der Waals surface area contributed by atoms with Gasteiger partial charge in [0, 0.05) is 56.7 Å². The van der Waals surface area contributed by atoms with E-state index < -0.39 is 194 Å². The van der Waals surface area contributed by atoms with Crippen molar-refractivity contribution < 1.29 is 117 Å². The SMILES string of the molecule is CCCCNCCCC(CC(CN(CC(CC(CCCNCCCC)C(=O)CCCOS(=O)(=O)O)OS(=O)(=O)O)CC(CC(CCCNCCCC)C(=O)CCCOS(=O)(=O)O)OS(=O)(=O)O)OS(=O)(=O)O)C(=O)CCCOS(=O)(=O)O. The van der Waals surface area contributed by atoms with Crippen molar-refractivity contribution in [1.29, 1.82) is 0 Å². The molecule has 82 heavy (non-hydrogen) atoms. The molecule has 0 spiro atoms. The zero-order valence-corrected chi connectivity index (χ0v) is 51.9. The average Bonchev–Trinajstić information content (AvgIpc) is 3.32. The number of nitrogens with one attached hydrogen (secondary N) is 3. The van der Waals surface area contributed by atoms with Gasteiger partial charge in [-0.1, -0.05) is 40.0 Å². The van der Waals surface area contributed by atoms with Crippen LogP contribution in [0.1, 0.15) is 156 Å². The summed E-state index contributed by atoms with van der Waals surface area (Å²) in [6.07, 6.45) is -3.58. The molecule has 0 saturated carbocycles. The van der Waals surface area contributed by atoms with Crippen LogP contribution >= 0.6 is 0 Å². The van der Waals surface area contributed by atoms with E-state index in [1.165, 1.54) is 0 Å². The molecule has 0 radical (unpaired) electrons. The van der Waals surface area contributed by atoms with Crippen molar-refractivity contribution in [1.82, 2.24) is 20.9 Å². The van der Waals surface area contributed by atoms with Crippen LogP contribution in [0.3, 0.4) is 0 Å². The molecular weight excluding hydrogens is 1220 g/mol. The van der Waals surface area contributed by atoms with Crippen LogP contribution in [0.15, 0.2) is 0 Å². The molecule has 0 fully saturated rings. The maximum absolute atomic E-state index is 13.9. The molecule has 0 aliphatic carbocycles. The number of carbonyl (C=O) groups is 3. The summed E-state index contributed by atoms with van der Waals surface area (Å²) < 4.78 is 229. The normalized spacial score (nSPS) is 15.3. The van der Waals surface area contributed by atoms with Gasteiger partial charge in [0.1, 0.15) is 17.3 Å². The summed E-state index contributed by atoms with van der Waals surface area (Å²) in [5, 5.41) is 9.55. The fraction of sp³-hybridized carbons (Fsp3) is 0.933. The maximum atomic E-state index is 13.9. The van der Waals surface area contributed by atoms with Gasteiger partial charge in [-0.2, -0.15) is 50.5 Å². The third-order valence-electron chi connectivity index (χ3n) is 12.4. The van der Waals surface area contributed by atoms with Crippen molar-refractivity contribution in [2.24, 2.45) is 17.8 Å². The molecule has 6 unspecified atom stereocenters. The fourth-order valence-electron chi connectivity index (χ4n) is 8.76. The first-order chi connectivity index (χ1) is 38.0. The zero-order chi connectivity index (χ0) is 62.5. The highest BCUT2D eigenvalue weighted by molar-refractivity contribution is 7.82. The van der Waals surface area contributed by atoms with Gasteiger partial charge in [0.2, 0.25) is 0 Å². The quantitative estimate of drug-likeness (QED) is 0.0312. The van der Waals surface area contributed by atoms with Gasteiger partial charge in [-0.3, -0.25) is 46.6 Å². The van der Waals surface area contributed by atoms with E-state index in [0.717, 1.165) is 43.4 Å². The van der Waals surface area contributed by atoms with Crippen molar-refractivity contribution in [2.45, 2.75) is 174 Å². The maximum Gasteiger partial charge on any atom is 0.397 e. The van der Waals surface area contributed by atoms with E-state index in [0.29, 0.717) is 39.3 Å². The summed E-state index contributed by atoms with van der Waals surface area (Å²) >= 11 is 0. The molecule has 488 valence electrons. The summed E-state index contributed by atoms with van der Waals surface area (Å²) in [5.41, 5.74) is 0. The van der Waals surface area contributed by atoms with Crippen molar-refractivity contribution in [3.05, 3.63) is 0 Å². The number of unbranched alkanes of at least 4 members (excludes halogenated alkanes) is 3. The molecule has 37 heteroatoms. The Morgan fingerprint density at radius 2 is 0.598 bits per heavy atom. The van der Waals surface area contributed by atoms with Gasteiger partial charge in [-0.05, 0) is 136 Å². The van der Waals surface area contributed by atoms with Gasteiger partial charge in [-0.25, -0.2) is 25.1 Å². The molecule has 0 aromatic heterocycles. The molecule has 0 aromatic rings. The molecular formula is C45H90N4O27S6. The Balaban J connectivity index is 7.97. The molecule has 0 saturated heterocycles. The molecule has 6 atom stereocenters. The van der Waals surface area contributed by atoms with Crippen LogP contribution in [0.5, 0.6) is 0 Å². The number of nitrogens with zero attached hydrogens (tertiary/aromatic N) is 1. The lowest BCUT2D eigenvalue weighted by Crippen LogP contribution is -2.47. The summed E-state index contributed by atoms with van der Waals surface area (Å²) in [4.78, 5) is 42.7. The van der Waals surface area contributed by atoms with Crippen LogP contribution in [0.25, 0.3) is 0 Å². The first-order valence-corrected chi connectivity index (χ1v) is 35.5. The average molecular weight is 1310 g/mol. The van der Waals surface area contributed by atoms with Crippen LogP contribution in [-0.2, 0) is 102 Å². The topological polar surface area (TPSA) is 472 Å². The highest BCUT2D eigenvalue weighted by Crippen LogP contribution is 2.27. The zero-order valence-electron chi connectivity index (χ0n) is 47.0. The largest absolute Gasteiger partial charge is 0.397 e. The number of rotatable bonds is 57. The van der Waals surface area contributed by atoms with E-state index in [-0.39, 0.29) is 57.8 Å². The number of hydrogen-bond acceptors (Lipinski definition) is 25. The second-order valence-electron chi connectivity index (χ2n) is 19.7. The predicted molar refractivity (Wildman–Crippen MR) is 296 cm³/mol. The van der Waals surface area contributed by atoms with E-state index in [4.69, 9.17) is 26.2 Å². The van der Waals surface area contributed by atoms with E-state index in [2.05, 4.69) is 28.5 Å². The molecule has 0 aromatic carbocycles. The van der Waals surface area contributed by atoms with E-state index in [1.807, 2.05) is 20.8 Å². The third kappa shape index (κ3) is 49.2. The number of carbonyl (C=O) groups excluding carboxylic acids is 3. The smallest absolute Gasteiger partial charge is 0.317 e. The van der Waals surface area contributed by atoms with Gasteiger partial charge in [0.25, 0.3) is 0 Å². The van der Waals surface area contributed by atoms with E-state index in [9.17, 15) is 78.5 Å². The Hall–Kier alpha value is -1.93. The van der Waals surface area contributed by atoms with Crippen molar-refractivity contribution in [3.63, 3.8) is 0 Å². The summed E-state index contributed by atoms with van der Waals surface area (Å²) in [6, 6.07) is 0. The Morgan fingerprint density at radius 3 is 0.805 bits per heavy atom. The van der Waals surface area contributed by atoms with Crippen molar-refractivity contribution in [2.75, 3.05) is 78.7 Å². The molecule has 31 nitrogen and oxygen atoms in total. The standard InChI is InChI=1S/C45H90N4O27S6/c1-4-7-22-46-25-10-16-37(43(50)19-13-28-71-77(53,54)55)31-40(74-80(62,63)64)34-49(35-41(75-81(65,66)67)32-38(17-11-26-47-23-8-5-2)44(51)20-14-29-72-78(56,57)58)36-42(76-82(68,69)70)33-39(18-12-27-48-24-9-6-3)45(52)21-15-30-73-79(59,60)61/h37-42,46-48H,4-36H2,1-3H3,(H,53,54,55)(H,56,57,58)(H,59,60,61)(H,62,63,64)(H,65,66,67)(H,68,69,70). The van der Waals surface area contributed by atoms with Crippen LogP contribution in [0.4, 0.5) is 0 Å². The van der Waals surface area contributed by atoms with E-state index in [1.54, 1.807) is 0 Å². The minimum atomic E-state index is -5.49. The molecule has 0 aliphatic rings. The summed E-state index contributed by atoms with van der Waals surface area (Å²) in [6.45, 7) is 4.23. The second-order valence-corrected chi connectivity index (χ2v) is 26.1. The molecule has 0 rings (SSSR count). The second kappa shape index (κ2) is 42.8. The highest BCUT2D eigenvalue weighted by Gasteiger charge is 2.35. The lowest BCUT2D eigenvalue weighted by atomic mass is 9.88. The molecule has 0 aliphatic heterocycles. The van der Waals surface area contributed by atoms with Crippen molar-refractivity contribution in [3.8, 4) is 0 Å². The Kier molecular flexibility index (Phi) is 41.8. The van der Waals surface area contributed by atoms with Gasteiger partial charge in [-0.15, -0.1) is 0 Å². The first-order valence-electron chi connectivity index (χ1n) is 27.3. The number of hydrogen-bond donors (Lipinski definition) is 9. The van der Waals surface area contributed by atoms with Crippen LogP contribution in [-0.4, -0.2) is 197 Å². The van der Waals surface area contributed by atoms with Crippen molar-refractivity contribution >= 4 is 79.7 Å². The third-order valence-corrected chi connectivity index (χ3v) is 15.3. The summed E-state index contributed by atoms with van der Waals surface area (Å²) in [5.74, 6) is -5.33. The fourth-order valence-corrected chi connectivity index (χ4v) is 11.2. The summed E-state index contributed by atoms with van der Waals surface area (Å²) in [7, 11) is -31.2. The van der Waals surface area contributed by atoms with Gasteiger partial charge >= 0.3 is 62.4 Å². The predicted octanol–water partition coefficient (Wildman–Crippen LogP) is 2.89. The molecule has 0 heterocycles. The minimum Gasteiger partial charge on any atom is -0.317 e. The Labute approximate surface area is 485 Å². The number of ketones is 3.